The van der Waals surface area contributed by atoms with Crippen LogP contribution in [0.5, 0.6) is 0 Å². The van der Waals surface area contributed by atoms with Crippen LogP contribution in [0.4, 0.5) is 0 Å². The SMILES string of the molecule is COC(OC)C(OC)(c1ccccc1)C1CCC2OC2C1. The van der Waals surface area contributed by atoms with Gasteiger partial charge in [0.2, 0.25) is 0 Å². The van der Waals surface area contributed by atoms with E-state index in [9.17, 15) is 0 Å². The molecule has 1 aromatic rings. The quantitative estimate of drug-likeness (QED) is 0.597. The highest BCUT2D eigenvalue weighted by Gasteiger charge is 2.55. The number of benzene rings is 1. The van der Waals surface area contributed by atoms with E-state index >= 15 is 0 Å². The lowest BCUT2D eigenvalue weighted by molar-refractivity contribution is -0.255. The first-order chi connectivity index (χ1) is 10.3. The fourth-order valence-corrected chi connectivity index (χ4v) is 3.88. The maximum absolute atomic E-state index is 6.07. The largest absolute Gasteiger partial charge is 0.370 e. The van der Waals surface area contributed by atoms with E-state index in [2.05, 4.69) is 12.1 Å². The maximum Gasteiger partial charge on any atom is 0.190 e. The molecule has 0 radical (unpaired) electrons. The number of ether oxygens (including phenoxy) is 4. The van der Waals surface area contributed by atoms with Crippen molar-refractivity contribution in [2.75, 3.05) is 21.3 Å². The zero-order valence-electron chi connectivity index (χ0n) is 13.0. The third-order valence-electron chi connectivity index (χ3n) is 4.95. The molecule has 4 atom stereocenters. The van der Waals surface area contributed by atoms with Crippen LogP contribution in [0.15, 0.2) is 30.3 Å². The molecule has 116 valence electrons. The Morgan fingerprint density at radius 2 is 1.76 bits per heavy atom. The zero-order valence-corrected chi connectivity index (χ0v) is 13.0. The molecule has 2 fully saturated rings. The smallest absolute Gasteiger partial charge is 0.190 e. The Balaban J connectivity index is 1.99. The van der Waals surface area contributed by atoms with E-state index in [1.807, 2.05) is 18.2 Å². The Hall–Kier alpha value is -0.940. The number of methoxy groups -OCH3 is 3. The van der Waals surface area contributed by atoms with E-state index < -0.39 is 11.9 Å². The Morgan fingerprint density at radius 3 is 2.33 bits per heavy atom. The van der Waals surface area contributed by atoms with Crippen LogP contribution in [0.3, 0.4) is 0 Å². The van der Waals surface area contributed by atoms with Gasteiger partial charge in [0.15, 0.2) is 6.29 Å². The molecule has 1 saturated carbocycles. The van der Waals surface area contributed by atoms with Crippen molar-refractivity contribution in [1.29, 1.82) is 0 Å². The zero-order chi connectivity index (χ0) is 14.9. The Labute approximate surface area is 126 Å². The van der Waals surface area contributed by atoms with Crippen LogP contribution in [0.1, 0.15) is 24.8 Å². The second-order valence-electron chi connectivity index (χ2n) is 5.89. The van der Waals surface area contributed by atoms with E-state index in [0.29, 0.717) is 18.1 Å². The summed E-state index contributed by atoms with van der Waals surface area (Å²) < 4.78 is 23.0. The third-order valence-corrected chi connectivity index (χ3v) is 4.95. The average molecular weight is 292 g/mol. The highest BCUT2D eigenvalue weighted by molar-refractivity contribution is 5.26. The lowest BCUT2D eigenvalue weighted by atomic mass is 9.72. The first-order valence-corrected chi connectivity index (χ1v) is 7.58. The van der Waals surface area contributed by atoms with E-state index in [1.165, 1.54) is 0 Å². The summed E-state index contributed by atoms with van der Waals surface area (Å²) in [7, 11) is 5.09. The molecular formula is C17H24O4. The van der Waals surface area contributed by atoms with Gasteiger partial charge in [0.25, 0.3) is 0 Å². The van der Waals surface area contributed by atoms with Gasteiger partial charge in [0.1, 0.15) is 5.60 Å². The van der Waals surface area contributed by atoms with E-state index in [-0.39, 0.29) is 0 Å². The van der Waals surface area contributed by atoms with E-state index in [1.54, 1.807) is 21.3 Å². The summed E-state index contributed by atoms with van der Waals surface area (Å²) in [5.74, 6) is 0.318. The molecule has 21 heavy (non-hydrogen) atoms. The van der Waals surface area contributed by atoms with Crippen LogP contribution in [-0.2, 0) is 24.5 Å². The van der Waals surface area contributed by atoms with Crippen molar-refractivity contribution >= 4 is 0 Å². The van der Waals surface area contributed by atoms with Gasteiger partial charge in [0, 0.05) is 21.3 Å². The Bertz CT molecular complexity index is 459. The van der Waals surface area contributed by atoms with Crippen LogP contribution < -0.4 is 0 Å². The number of rotatable bonds is 6. The third kappa shape index (κ3) is 2.50. The molecule has 0 N–H and O–H groups in total. The van der Waals surface area contributed by atoms with Crippen LogP contribution in [0, 0.1) is 5.92 Å². The van der Waals surface area contributed by atoms with Crippen LogP contribution in [-0.4, -0.2) is 39.8 Å². The molecule has 3 rings (SSSR count). The minimum absolute atomic E-state index is 0.318. The van der Waals surface area contributed by atoms with Gasteiger partial charge in [-0.05, 0) is 30.7 Å². The molecule has 1 saturated heterocycles. The van der Waals surface area contributed by atoms with Gasteiger partial charge in [0.05, 0.1) is 12.2 Å². The first-order valence-electron chi connectivity index (χ1n) is 7.58. The van der Waals surface area contributed by atoms with Gasteiger partial charge in [-0.3, -0.25) is 0 Å². The van der Waals surface area contributed by atoms with Crippen LogP contribution in [0.25, 0.3) is 0 Å². The van der Waals surface area contributed by atoms with Crippen molar-refractivity contribution in [3.05, 3.63) is 35.9 Å². The highest BCUT2D eigenvalue weighted by atomic mass is 16.7. The van der Waals surface area contributed by atoms with Gasteiger partial charge in [-0.2, -0.15) is 0 Å². The molecule has 4 unspecified atom stereocenters. The second-order valence-corrected chi connectivity index (χ2v) is 5.89. The molecule has 0 aromatic heterocycles. The minimum Gasteiger partial charge on any atom is -0.370 e. The number of epoxide rings is 1. The fourth-order valence-electron chi connectivity index (χ4n) is 3.88. The number of fused-ring (bicyclic) bond motifs is 1. The van der Waals surface area contributed by atoms with Crippen molar-refractivity contribution in [2.45, 2.75) is 43.4 Å². The summed E-state index contributed by atoms with van der Waals surface area (Å²) in [6, 6.07) is 10.3. The van der Waals surface area contributed by atoms with E-state index in [4.69, 9.17) is 18.9 Å². The highest BCUT2D eigenvalue weighted by Crippen LogP contribution is 2.50. The van der Waals surface area contributed by atoms with Crippen molar-refractivity contribution in [2.24, 2.45) is 5.92 Å². The second kappa shape index (κ2) is 6.05. The lowest BCUT2D eigenvalue weighted by Crippen LogP contribution is -2.50. The number of hydrogen-bond acceptors (Lipinski definition) is 4. The summed E-state index contributed by atoms with van der Waals surface area (Å²) in [5.41, 5.74) is 0.507. The van der Waals surface area contributed by atoms with Gasteiger partial charge < -0.3 is 18.9 Å². The molecule has 2 aliphatic rings. The van der Waals surface area contributed by atoms with E-state index in [0.717, 1.165) is 24.8 Å². The topological polar surface area (TPSA) is 40.2 Å². The summed E-state index contributed by atoms with van der Waals surface area (Å²) >= 11 is 0. The summed E-state index contributed by atoms with van der Waals surface area (Å²) in [4.78, 5) is 0. The molecule has 1 aromatic carbocycles. The van der Waals surface area contributed by atoms with Crippen molar-refractivity contribution in [1.82, 2.24) is 0 Å². The van der Waals surface area contributed by atoms with Crippen molar-refractivity contribution in [3.63, 3.8) is 0 Å². The van der Waals surface area contributed by atoms with Crippen LogP contribution in [0.2, 0.25) is 0 Å². The standard InChI is InChI=1S/C17H24O4/c1-18-16(19-2)17(20-3,12-7-5-4-6-8-12)13-9-10-14-15(11-13)21-14/h4-8,13-16H,9-11H2,1-3H3. The maximum atomic E-state index is 6.07. The lowest BCUT2D eigenvalue weighted by Gasteiger charge is -2.44. The van der Waals surface area contributed by atoms with Crippen LogP contribution >= 0.6 is 0 Å². The Kier molecular flexibility index (Phi) is 4.31. The monoisotopic (exact) mass is 292 g/mol. The normalized spacial score (nSPS) is 30.8. The van der Waals surface area contributed by atoms with Gasteiger partial charge in [-0.1, -0.05) is 30.3 Å². The molecule has 1 aliphatic carbocycles. The molecule has 0 spiro atoms. The molecule has 1 aliphatic heterocycles. The fraction of sp³-hybridized carbons (Fsp3) is 0.647. The van der Waals surface area contributed by atoms with Crippen molar-refractivity contribution in [3.8, 4) is 0 Å². The molecule has 0 amide bonds. The predicted octanol–water partition coefficient (Wildman–Crippen LogP) is 2.71. The average Bonchev–Trinajstić information content (AvgIpc) is 3.32. The van der Waals surface area contributed by atoms with Gasteiger partial charge in [-0.25, -0.2) is 0 Å². The molecule has 1 heterocycles. The Morgan fingerprint density at radius 1 is 1.05 bits per heavy atom. The molecule has 4 heteroatoms. The number of hydrogen-bond donors (Lipinski definition) is 0. The minimum atomic E-state index is -0.596. The molecular weight excluding hydrogens is 268 g/mol. The molecule has 0 bridgehead atoms. The van der Waals surface area contributed by atoms with Crippen molar-refractivity contribution < 1.29 is 18.9 Å². The summed E-state index contributed by atoms with van der Waals surface area (Å²) in [5, 5.41) is 0. The van der Waals surface area contributed by atoms with Gasteiger partial charge >= 0.3 is 0 Å². The first kappa shape index (κ1) is 15.0. The summed E-state index contributed by atoms with van der Waals surface area (Å²) in [6.45, 7) is 0. The predicted molar refractivity (Wildman–Crippen MR) is 78.9 cm³/mol. The molecule has 4 nitrogen and oxygen atoms in total. The van der Waals surface area contributed by atoms with Gasteiger partial charge in [-0.15, -0.1) is 0 Å². The summed E-state index contributed by atoms with van der Waals surface area (Å²) in [6.07, 6.45) is 3.56.